The van der Waals surface area contributed by atoms with E-state index < -0.39 is 31.1 Å². The van der Waals surface area contributed by atoms with Crippen LogP contribution in [0.1, 0.15) is 101 Å². The molecule has 17 heteroatoms. The van der Waals surface area contributed by atoms with Gasteiger partial charge in [-0.05, 0) is 117 Å². The van der Waals surface area contributed by atoms with E-state index in [4.69, 9.17) is 4.11 Å². The Kier molecular flexibility index (Phi) is 10.5. The quantitative estimate of drug-likeness (QED) is 0.169. The van der Waals surface area contributed by atoms with E-state index in [0.717, 1.165) is 68.8 Å². The average molecular weight is 951 g/mol. The molecule has 1 aliphatic carbocycles. The zero-order valence-electron chi connectivity index (χ0n) is 43.1. The number of rotatable bonds is 9. The normalized spacial score (nSPS) is 24.2. The van der Waals surface area contributed by atoms with E-state index in [1.807, 2.05) is 24.3 Å². The van der Waals surface area contributed by atoms with E-state index in [-0.39, 0.29) is 53.1 Å². The van der Waals surface area contributed by atoms with Crippen LogP contribution in [-0.2, 0) is 49.1 Å². The summed E-state index contributed by atoms with van der Waals surface area (Å²) in [6.45, 7) is 10.2. The highest BCUT2D eigenvalue weighted by molar-refractivity contribution is 6.07. The van der Waals surface area contributed by atoms with Gasteiger partial charge in [0.05, 0.1) is 18.5 Å². The molecule has 11 rings (SSSR count). The van der Waals surface area contributed by atoms with Gasteiger partial charge in [-0.15, -0.1) is 0 Å². The monoisotopic (exact) mass is 950 g/mol. The Balaban J connectivity index is 0.748. The molecule has 0 radical (unpaired) electrons. The molecule has 17 nitrogen and oxygen atoms in total. The first-order valence-corrected chi connectivity index (χ1v) is 24.5. The number of aryl methyl sites for hydroxylation is 1. The summed E-state index contributed by atoms with van der Waals surface area (Å²) in [7, 11) is 0. The van der Waals surface area contributed by atoms with Crippen LogP contribution in [0.25, 0.3) is 11.1 Å². The molecule has 4 atom stereocenters. The number of nitrogens with one attached hydrogen (secondary N) is 2. The Morgan fingerprint density at radius 1 is 0.843 bits per heavy atom. The van der Waals surface area contributed by atoms with E-state index in [1.54, 1.807) is 34.2 Å². The van der Waals surface area contributed by atoms with Crippen molar-refractivity contribution in [2.24, 2.45) is 12.4 Å². The Bertz CT molecular complexity index is 3130. The summed E-state index contributed by atoms with van der Waals surface area (Å²) in [6.07, 6.45) is 8.85. The summed E-state index contributed by atoms with van der Waals surface area (Å²) in [5, 5.41) is 16.3. The molecule has 5 aromatic rings. The van der Waals surface area contributed by atoms with Gasteiger partial charge in [0.2, 0.25) is 11.8 Å². The van der Waals surface area contributed by atoms with Gasteiger partial charge in [-0.25, -0.2) is 9.97 Å². The van der Waals surface area contributed by atoms with Crippen molar-refractivity contribution in [2.75, 3.05) is 52.7 Å². The number of nitrogens with zero attached hydrogens (tertiary/aromatic N) is 9. The first kappa shape index (κ1) is 42.1. The van der Waals surface area contributed by atoms with Crippen LogP contribution in [0.4, 0.5) is 28.7 Å². The van der Waals surface area contributed by atoms with Crippen molar-refractivity contribution in [2.45, 2.75) is 110 Å². The number of hydrogen-bond donors (Lipinski definition) is 3. The third-order valence-electron chi connectivity index (χ3n) is 15.6. The number of pyridine rings is 3. The molecule has 3 fully saturated rings. The minimum atomic E-state index is -2.83. The highest BCUT2D eigenvalue weighted by Gasteiger charge is 2.41. The zero-order chi connectivity index (χ0) is 51.2. The molecule has 5 aliphatic heterocycles. The summed E-state index contributed by atoms with van der Waals surface area (Å²) in [5.41, 5.74) is 6.91. The molecular formula is C53H61N11O6. The second kappa shape index (κ2) is 17.5. The number of amides is 4. The molecule has 1 unspecified atom stereocenters. The van der Waals surface area contributed by atoms with Crippen molar-refractivity contribution in [3.8, 4) is 11.1 Å². The van der Waals surface area contributed by atoms with Gasteiger partial charge in [-0.2, -0.15) is 0 Å². The second-order valence-electron chi connectivity index (χ2n) is 20.8. The zero-order valence-corrected chi connectivity index (χ0v) is 40.1. The standard InChI is InChI=1S/C53H61N11O6/c1-31-20-36(13-15-60(31)37-6-8-40-34(21-37)29-64(50(40)68)43-9-11-47(66)57-49(43)67)59-16-17-61(32(2)27-59)38-7-10-46(55-26-38)56-42-22-35(28-58(5)51(42)69)39-12-14-54-48(41(39)30-65)63-19-18-62-44(52(63)70)23-33-24-53(3,4)25-45(33)62/h6-8,10,12,14,21-23,26,28,31-32,36,43,65H,9,11,13,15-20,24-25,27,29-30H2,1-5H3,(H,55,56)(H,57,66,67)/t31-,32-,36+,43?/m0/s1/i5D3. The van der Waals surface area contributed by atoms with E-state index >= 15 is 0 Å². The number of carbonyl (C=O) groups is 4. The number of fused-ring (bicyclic) bond motifs is 4. The SMILES string of the molecule is [2H]C([2H])([2H])n1cc(-c2ccnc(N3CCn4c(cc5c4CC(C)(C)C5)C3=O)c2CO)cc(Nc2ccc(N3CCN([C@@H]4CCN(c5ccc6c(c5)CN(C5CCC(=O)NC5=O)C6=O)[C@@H](C)C4)C[C@@H]3C)cn2)c1=O. The predicted octanol–water partition coefficient (Wildman–Crippen LogP) is 4.99. The van der Waals surface area contributed by atoms with Gasteiger partial charge < -0.3 is 34.3 Å². The predicted molar refractivity (Wildman–Crippen MR) is 266 cm³/mol. The van der Waals surface area contributed by atoms with Crippen molar-refractivity contribution in [3.05, 3.63) is 111 Å². The van der Waals surface area contributed by atoms with Crippen LogP contribution in [0.15, 0.2) is 71.9 Å². The van der Waals surface area contributed by atoms with Crippen LogP contribution in [0.5, 0.6) is 0 Å². The first-order chi connectivity index (χ1) is 34.8. The second-order valence-corrected chi connectivity index (χ2v) is 20.8. The largest absolute Gasteiger partial charge is 0.392 e. The van der Waals surface area contributed by atoms with Gasteiger partial charge in [-0.1, -0.05) is 13.8 Å². The first-order valence-electron chi connectivity index (χ1n) is 26.0. The molecule has 9 heterocycles. The number of anilines is 5. The Labute approximate surface area is 411 Å². The number of aliphatic hydroxyl groups excluding tert-OH is 1. The number of imide groups is 1. The number of piperazine rings is 1. The van der Waals surface area contributed by atoms with Crippen molar-refractivity contribution < 1.29 is 28.4 Å². The fraction of sp³-hybridized carbons (Fsp3) is 0.453. The highest BCUT2D eigenvalue weighted by Crippen LogP contribution is 2.41. The number of aliphatic hydroxyl groups is 1. The van der Waals surface area contributed by atoms with E-state index in [2.05, 4.69) is 73.6 Å². The molecule has 4 aromatic heterocycles. The third-order valence-corrected chi connectivity index (χ3v) is 15.6. The average Bonchev–Trinajstić information content (AvgIpc) is 3.98. The molecule has 1 aromatic carbocycles. The lowest BCUT2D eigenvalue weighted by Crippen LogP contribution is -2.58. The lowest BCUT2D eigenvalue weighted by molar-refractivity contribution is -0.136. The minimum absolute atomic E-state index is 0.0228. The van der Waals surface area contributed by atoms with Gasteiger partial charge >= 0.3 is 0 Å². The fourth-order valence-electron chi connectivity index (χ4n) is 12.1. The summed E-state index contributed by atoms with van der Waals surface area (Å²) < 4.78 is 27.6. The maximum Gasteiger partial charge on any atom is 0.276 e. The summed E-state index contributed by atoms with van der Waals surface area (Å²) in [5.74, 6) is -0.477. The molecule has 0 bridgehead atoms. The Morgan fingerprint density at radius 3 is 2.43 bits per heavy atom. The van der Waals surface area contributed by atoms with Crippen LogP contribution in [0.3, 0.4) is 0 Å². The fourth-order valence-corrected chi connectivity index (χ4v) is 12.1. The van der Waals surface area contributed by atoms with E-state index in [1.165, 1.54) is 23.7 Å². The molecule has 4 amide bonds. The number of benzene rings is 1. The van der Waals surface area contributed by atoms with Gasteiger partial charge in [0.25, 0.3) is 17.4 Å². The number of hydrogen-bond acceptors (Lipinski definition) is 12. The highest BCUT2D eigenvalue weighted by atomic mass is 16.3. The van der Waals surface area contributed by atoms with Gasteiger partial charge in [0.15, 0.2) is 0 Å². The van der Waals surface area contributed by atoms with E-state index in [9.17, 15) is 29.1 Å². The van der Waals surface area contributed by atoms with Gasteiger partial charge in [0, 0.05) is 122 Å². The van der Waals surface area contributed by atoms with Crippen LogP contribution in [-0.4, -0.2) is 115 Å². The smallest absolute Gasteiger partial charge is 0.276 e. The van der Waals surface area contributed by atoms with Crippen LogP contribution < -0.4 is 30.9 Å². The molecular weight excluding hydrogens is 887 g/mol. The molecule has 0 spiro atoms. The molecule has 364 valence electrons. The Hall–Kier alpha value is -6.85. The molecule has 0 saturated carbocycles. The van der Waals surface area contributed by atoms with Gasteiger partial charge in [-0.3, -0.25) is 39.1 Å². The van der Waals surface area contributed by atoms with Crippen molar-refractivity contribution in [3.63, 3.8) is 0 Å². The topological polar surface area (TPSA) is 181 Å². The Morgan fingerprint density at radius 2 is 1.67 bits per heavy atom. The molecule has 3 N–H and O–H groups in total. The molecule has 6 aliphatic rings. The van der Waals surface area contributed by atoms with Crippen molar-refractivity contribution in [1.29, 1.82) is 0 Å². The summed E-state index contributed by atoms with van der Waals surface area (Å²) in [4.78, 5) is 85.3. The lowest BCUT2D eigenvalue weighted by atomic mass is 9.90. The van der Waals surface area contributed by atoms with Crippen LogP contribution >= 0.6 is 0 Å². The number of piperidine rings is 2. The van der Waals surface area contributed by atoms with Crippen molar-refractivity contribution >= 4 is 52.3 Å². The summed E-state index contributed by atoms with van der Waals surface area (Å²) >= 11 is 0. The minimum Gasteiger partial charge on any atom is -0.392 e. The summed E-state index contributed by atoms with van der Waals surface area (Å²) in [6, 6.07) is 15.1. The van der Waals surface area contributed by atoms with Crippen LogP contribution in [0.2, 0.25) is 0 Å². The molecule has 70 heavy (non-hydrogen) atoms. The third kappa shape index (κ3) is 8.01. The van der Waals surface area contributed by atoms with Crippen LogP contribution in [0, 0.1) is 5.41 Å². The van der Waals surface area contributed by atoms with Crippen molar-refractivity contribution in [1.82, 2.24) is 34.2 Å². The maximum atomic E-state index is 14.1. The molecule has 3 saturated heterocycles. The lowest BCUT2D eigenvalue weighted by Gasteiger charge is -2.48. The number of carbonyl (C=O) groups excluding carboxylic acids is 4. The van der Waals surface area contributed by atoms with Gasteiger partial charge in [0.1, 0.15) is 29.1 Å². The van der Waals surface area contributed by atoms with E-state index in [0.29, 0.717) is 70.4 Å². The maximum absolute atomic E-state index is 14.1. The number of aromatic nitrogens is 4.